The van der Waals surface area contributed by atoms with Crippen LogP contribution < -0.4 is 10.6 Å². The Balaban J connectivity index is 1.14. The first-order chi connectivity index (χ1) is 16.5. The maximum Gasteiger partial charge on any atom is 0.407 e. The second kappa shape index (κ2) is 9.12. The molecule has 2 fully saturated rings. The van der Waals surface area contributed by atoms with Crippen LogP contribution in [0.4, 0.5) is 4.79 Å². The lowest BCUT2D eigenvalue weighted by Crippen LogP contribution is -2.44. The zero-order chi connectivity index (χ0) is 23.7. The van der Waals surface area contributed by atoms with Gasteiger partial charge in [-0.05, 0) is 53.9 Å². The van der Waals surface area contributed by atoms with Gasteiger partial charge in [-0.3, -0.25) is 9.59 Å². The Labute approximate surface area is 198 Å². The second-order valence-electron chi connectivity index (χ2n) is 9.84. The number of carbonyl (C=O) groups excluding carboxylic acids is 2. The molecule has 0 aliphatic heterocycles. The van der Waals surface area contributed by atoms with E-state index in [1.807, 2.05) is 24.3 Å². The highest BCUT2D eigenvalue weighted by Crippen LogP contribution is 2.44. The van der Waals surface area contributed by atoms with E-state index >= 15 is 0 Å². The highest BCUT2D eigenvalue weighted by molar-refractivity contribution is 5.82. The van der Waals surface area contributed by atoms with Crippen LogP contribution in [0, 0.1) is 11.8 Å². The molecule has 2 saturated carbocycles. The van der Waals surface area contributed by atoms with Crippen molar-refractivity contribution in [2.75, 3.05) is 13.2 Å². The number of ether oxygens (including phenoxy) is 1. The van der Waals surface area contributed by atoms with Crippen molar-refractivity contribution in [3.05, 3.63) is 59.7 Å². The van der Waals surface area contributed by atoms with E-state index in [-0.39, 0.29) is 36.7 Å². The van der Waals surface area contributed by atoms with E-state index in [4.69, 9.17) is 9.84 Å². The minimum atomic E-state index is -0.891. The molecule has 34 heavy (non-hydrogen) atoms. The average molecular weight is 463 g/mol. The zero-order valence-corrected chi connectivity index (χ0v) is 19.1. The lowest BCUT2D eigenvalue weighted by atomic mass is 9.94. The van der Waals surface area contributed by atoms with Crippen LogP contribution in [0.15, 0.2) is 48.5 Å². The normalized spacial score (nSPS) is 21.9. The van der Waals surface area contributed by atoms with Crippen LogP contribution in [0.25, 0.3) is 11.1 Å². The fourth-order valence-electron chi connectivity index (χ4n) is 5.63. The van der Waals surface area contributed by atoms with Gasteiger partial charge < -0.3 is 20.5 Å². The summed E-state index contributed by atoms with van der Waals surface area (Å²) in [5, 5.41) is 14.9. The molecule has 5 rings (SSSR count). The van der Waals surface area contributed by atoms with Crippen LogP contribution in [-0.4, -0.2) is 41.8 Å². The smallest absolute Gasteiger partial charge is 0.407 e. The van der Waals surface area contributed by atoms with Crippen LogP contribution in [0.3, 0.4) is 0 Å². The van der Waals surface area contributed by atoms with Crippen LogP contribution >= 0.6 is 0 Å². The number of fused-ring (bicyclic) bond motifs is 3. The summed E-state index contributed by atoms with van der Waals surface area (Å²) < 4.78 is 5.61. The monoisotopic (exact) mass is 462 g/mol. The number of alkyl carbamates (subject to hydrolysis) is 1. The quantitative estimate of drug-likeness (QED) is 0.549. The van der Waals surface area contributed by atoms with E-state index in [0.29, 0.717) is 19.4 Å². The lowest BCUT2D eigenvalue weighted by molar-refractivity contribution is -0.138. The maximum atomic E-state index is 12.8. The van der Waals surface area contributed by atoms with Crippen molar-refractivity contribution < 1.29 is 24.2 Å². The van der Waals surface area contributed by atoms with Crippen LogP contribution in [-0.2, 0) is 14.3 Å². The molecule has 3 N–H and O–H groups in total. The van der Waals surface area contributed by atoms with Gasteiger partial charge in [0.2, 0.25) is 5.91 Å². The SMILES string of the molecule is O=C(O)CC1(NC(=O)C2CCCC2CNC(=O)OCC2c3ccccc3-c3ccccc32)CC1. The zero-order valence-electron chi connectivity index (χ0n) is 19.1. The van der Waals surface area contributed by atoms with Gasteiger partial charge in [-0.25, -0.2) is 4.79 Å². The van der Waals surface area contributed by atoms with Crippen LogP contribution in [0.5, 0.6) is 0 Å². The Bertz CT molecular complexity index is 1060. The summed E-state index contributed by atoms with van der Waals surface area (Å²) in [5.41, 5.74) is 4.13. The number of amides is 2. The molecule has 3 aliphatic rings. The molecule has 3 aliphatic carbocycles. The Hall–Kier alpha value is -3.35. The molecule has 2 aromatic carbocycles. The number of hydrogen-bond donors (Lipinski definition) is 3. The van der Waals surface area contributed by atoms with Crippen LogP contribution in [0.2, 0.25) is 0 Å². The van der Waals surface area contributed by atoms with Crippen LogP contribution in [0.1, 0.15) is 55.6 Å². The Morgan fingerprint density at radius 3 is 2.24 bits per heavy atom. The van der Waals surface area contributed by atoms with E-state index in [0.717, 1.165) is 19.3 Å². The lowest BCUT2D eigenvalue weighted by Gasteiger charge is -2.23. The summed E-state index contributed by atoms with van der Waals surface area (Å²) >= 11 is 0. The topological polar surface area (TPSA) is 105 Å². The summed E-state index contributed by atoms with van der Waals surface area (Å²) in [6, 6.07) is 16.4. The van der Waals surface area contributed by atoms with Gasteiger partial charge in [0.05, 0.1) is 12.0 Å². The molecule has 2 atom stereocenters. The Morgan fingerprint density at radius 2 is 1.62 bits per heavy atom. The molecule has 2 amide bonds. The number of carboxylic acids is 1. The minimum absolute atomic E-state index is 0.00660. The number of carbonyl (C=O) groups is 3. The third kappa shape index (κ3) is 4.52. The first-order valence-electron chi connectivity index (χ1n) is 12.1. The molecule has 0 saturated heterocycles. The van der Waals surface area contributed by atoms with Crippen molar-refractivity contribution in [1.29, 1.82) is 0 Å². The van der Waals surface area contributed by atoms with Gasteiger partial charge in [0.25, 0.3) is 0 Å². The molecule has 0 aromatic heterocycles. The van der Waals surface area contributed by atoms with E-state index in [1.54, 1.807) is 0 Å². The summed E-state index contributed by atoms with van der Waals surface area (Å²) in [6.07, 6.45) is 3.44. The second-order valence-corrected chi connectivity index (χ2v) is 9.84. The largest absolute Gasteiger partial charge is 0.481 e. The number of hydrogen-bond acceptors (Lipinski definition) is 4. The van der Waals surface area contributed by atoms with E-state index in [9.17, 15) is 14.4 Å². The molecule has 2 unspecified atom stereocenters. The van der Waals surface area contributed by atoms with E-state index < -0.39 is 17.6 Å². The fraction of sp³-hybridized carbons (Fsp3) is 0.444. The summed E-state index contributed by atoms with van der Waals surface area (Å²) in [4.78, 5) is 36.4. The summed E-state index contributed by atoms with van der Waals surface area (Å²) in [6.45, 7) is 0.632. The van der Waals surface area contributed by atoms with Gasteiger partial charge in [0, 0.05) is 18.4 Å². The van der Waals surface area contributed by atoms with Crippen molar-refractivity contribution in [3.8, 4) is 11.1 Å². The van der Waals surface area contributed by atoms with Gasteiger partial charge in [0.1, 0.15) is 6.61 Å². The molecule has 178 valence electrons. The molecular formula is C27H30N2O5. The van der Waals surface area contributed by atoms with Crippen molar-refractivity contribution >= 4 is 18.0 Å². The molecule has 0 heterocycles. The highest BCUT2D eigenvalue weighted by atomic mass is 16.5. The molecular weight excluding hydrogens is 432 g/mol. The van der Waals surface area contributed by atoms with E-state index in [1.165, 1.54) is 22.3 Å². The van der Waals surface area contributed by atoms with Crippen molar-refractivity contribution in [2.45, 2.75) is 50.0 Å². The molecule has 0 bridgehead atoms. The third-order valence-corrected chi connectivity index (χ3v) is 7.58. The first kappa shape index (κ1) is 22.4. The third-order valence-electron chi connectivity index (χ3n) is 7.58. The number of carboxylic acid groups (broad SMARTS) is 1. The number of nitrogens with one attached hydrogen (secondary N) is 2. The standard InChI is InChI=1S/C27H30N2O5/c30-24(31)14-27(12-13-27)29-25(32)18-11-5-6-17(18)15-28-26(33)34-16-23-21-9-3-1-7-19(21)20-8-2-4-10-22(20)23/h1-4,7-10,17-18,23H,5-6,11-16H2,(H,28,33)(H,29,32)(H,30,31). The van der Waals surface area contributed by atoms with Crippen molar-refractivity contribution in [2.24, 2.45) is 11.8 Å². The molecule has 2 aromatic rings. The predicted octanol–water partition coefficient (Wildman–Crippen LogP) is 4.06. The highest BCUT2D eigenvalue weighted by Gasteiger charge is 2.47. The van der Waals surface area contributed by atoms with Gasteiger partial charge in [-0.1, -0.05) is 55.0 Å². The summed E-state index contributed by atoms with van der Waals surface area (Å²) in [5.74, 6) is -1.15. The van der Waals surface area contributed by atoms with E-state index in [2.05, 4.69) is 34.9 Å². The Kier molecular flexibility index (Phi) is 6.02. The number of rotatable bonds is 8. The van der Waals surface area contributed by atoms with Gasteiger partial charge >= 0.3 is 12.1 Å². The van der Waals surface area contributed by atoms with Crippen molar-refractivity contribution in [1.82, 2.24) is 10.6 Å². The fourth-order valence-corrected chi connectivity index (χ4v) is 5.63. The maximum absolute atomic E-state index is 12.8. The molecule has 0 radical (unpaired) electrons. The molecule has 7 heteroatoms. The molecule has 7 nitrogen and oxygen atoms in total. The number of benzene rings is 2. The minimum Gasteiger partial charge on any atom is -0.481 e. The van der Waals surface area contributed by atoms with Gasteiger partial charge in [-0.15, -0.1) is 0 Å². The first-order valence-corrected chi connectivity index (χ1v) is 12.1. The Morgan fingerprint density at radius 1 is 0.971 bits per heavy atom. The van der Waals surface area contributed by atoms with Gasteiger partial charge in [-0.2, -0.15) is 0 Å². The number of aliphatic carboxylic acids is 1. The van der Waals surface area contributed by atoms with Crippen molar-refractivity contribution in [3.63, 3.8) is 0 Å². The molecule has 0 spiro atoms. The average Bonchev–Trinajstić information content (AvgIpc) is 3.27. The summed E-state index contributed by atoms with van der Waals surface area (Å²) in [7, 11) is 0. The van der Waals surface area contributed by atoms with Gasteiger partial charge in [0.15, 0.2) is 0 Å². The predicted molar refractivity (Wildman–Crippen MR) is 126 cm³/mol.